The van der Waals surface area contributed by atoms with Crippen molar-refractivity contribution in [2.45, 2.75) is 31.7 Å². The minimum atomic E-state index is 0.118. The van der Waals surface area contributed by atoms with E-state index in [1.807, 2.05) is 17.8 Å². The van der Waals surface area contributed by atoms with Crippen molar-refractivity contribution in [3.63, 3.8) is 0 Å². The van der Waals surface area contributed by atoms with Crippen LogP contribution in [-0.2, 0) is 18.3 Å². The van der Waals surface area contributed by atoms with Gasteiger partial charge in [-0.05, 0) is 12.8 Å². The third kappa shape index (κ3) is 4.19. The van der Waals surface area contributed by atoms with Crippen molar-refractivity contribution in [1.82, 2.24) is 20.2 Å². The van der Waals surface area contributed by atoms with E-state index in [1.54, 1.807) is 6.20 Å². The summed E-state index contributed by atoms with van der Waals surface area (Å²) in [7, 11) is 1.96. The molecular weight excluding hydrogens is 216 g/mol. The number of amides is 1. The zero-order valence-electron chi connectivity index (χ0n) is 10.3. The standard InChI is InChI=1S/C12H20N4O/c1-16-9-8-14-11(16)4-6-15-12(17)5-7-13-10-2-3-10/h8-10,13H,2-7H2,1H3,(H,15,17). The van der Waals surface area contributed by atoms with Crippen LogP contribution in [0.3, 0.4) is 0 Å². The Balaban J connectivity index is 1.54. The van der Waals surface area contributed by atoms with Crippen molar-refractivity contribution >= 4 is 5.91 Å². The van der Waals surface area contributed by atoms with Crippen LogP contribution in [0.2, 0.25) is 0 Å². The number of hydrogen-bond donors (Lipinski definition) is 2. The van der Waals surface area contributed by atoms with Crippen LogP contribution in [-0.4, -0.2) is 34.6 Å². The van der Waals surface area contributed by atoms with Crippen molar-refractivity contribution in [1.29, 1.82) is 0 Å². The summed E-state index contributed by atoms with van der Waals surface area (Å²) in [6, 6.07) is 0.676. The van der Waals surface area contributed by atoms with E-state index in [4.69, 9.17) is 0 Å². The first-order valence-corrected chi connectivity index (χ1v) is 6.22. The Hall–Kier alpha value is -1.36. The van der Waals surface area contributed by atoms with E-state index in [1.165, 1.54) is 12.8 Å². The highest BCUT2D eigenvalue weighted by atomic mass is 16.1. The maximum Gasteiger partial charge on any atom is 0.221 e. The predicted octanol–water partition coefficient (Wildman–Crippen LogP) is 0.221. The van der Waals surface area contributed by atoms with Crippen molar-refractivity contribution in [3.05, 3.63) is 18.2 Å². The second-order valence-corrected chi connectivity index (χ2v) is 4.53. The van der Waals surface area contributed by atoms with Gasteiger partial charge in [0.2, 0.25) is 5.91 Å². The van der Waals surface area contributed by atoms with Crippen LogP contribution >= 0.6 is 0 Å². The number of imidazole rings is 1. The summed E-state index contributed by atoms with van der Waals surface area (Å²) < 4.78 is 1.97. The molecule has 2 rings (SSSR count). The second kappa shape index (κ2) is 5.82. The van der Waals surface area contributed by atoms with Crippen LogP contribution < -0.4 is 10.6 Å². The molecule has 5 nitrogen and oxygen atoms in total. The molecule has 1 aliphatic rings. The fraction of sp³-hybridized carbons (Fsp3) is 0.667. The minimum absolute atomic E-state index is 0.118. The predicted molar refractivity (Wildman–Crippen MR) is 65.6 cm³/mol. The van der Waals surface area contributed by atoms with Crippen LogP contribution in [0.4, 0.5) is 0 Å². The molecule has 1 heterocycles. The summed E-state index contributed by atoms with van der Waals surface area (Å²) in [6.45, 7) is 1.45. The molecule has 94 valence electrons. The molecule has 0 radical (unpaired) electrons. The van der Waals surface area contributed by atoms with E-state index < -0.39 is 0 Å². The molecule has 1 aromatic rings. The molecule has 0 unspecified atom stereocenters. The number of carbonyl (C=O) groups is 1. The molecular formula is C12H20N4O. The number of rotatable bonds is 7. The third-order valence-electron chi connectivity index (χ3n) is 2.95. The van der Waals surface area contributed by atoms with Gasteiger partial charge in [0.15, 0.2) is 0 Å². The van der Waals surface area contributed by atoms with Crippen molar-refractivity contribution in [2.75, 3.05) is 13.1 Å². The normalized spacial score (nSPS) is 14.9. The Bertz CT molecular complexity index is 370. The van der Waals surface area contributed by atoms with E-state index in [0.717, 1.165) is 18.8 Å². The lowest BCUT2D eigenvalue weighted by molar-refractivity contribution is -0.120. The third-order valence-corrected chi connectivity index (χ3v) is 2.95. The number of carbonyl (C=O) groups excluding carboxylic acids is 1. The summed E-state index contributed by atoms with van der Waals surface area (Å²) >= 11 is 0. The van der Waals surface area contributed by atoms with Crippen molar-refractivity contribution in [3.8, 4) is 0 Å². The van der Waals surface area contributed by atoms with Gasteiger partial charge in [0.25, 0.3) is 0 Å². The molecule has 0 atom stereocenters. The fourth-order valence-electron chi connectivity index (χ4n) is 1.72. The summed E-state index contributed by atoms with van der Waals surface area (Å²) in [4.78, 5) is 15.7. The van der Waals surface area contributed by atoms with Crippen LogP contribution in [0.15, 0.2) is 12.4 Å². The Kier molecular flexibility index (Phi) is 4.14. The first-order chi connectivity index (χ1) is 8.25. The molecule has 1 saturated carbocycles. The average Bonchev–Trinajstić information content (AvgIpc) is 3.03. The second-order valence-electron chi connectivity index (χ2n) is 4.53. The largest absolute Gasteiger partial charge is 0.356 e. The molecule has 0 aromatic carbocycles. The first-order valence-electron chi connectivity index (χ1n) is 6.22. The van der Waals surface area contributed by atoms with E-state index >= 15 is 0 Å². The van der Waals surface area contributed by atoms with Crippen molar-refractivity contribution in [2.24, 2.45) is 7.05 Å². The number of hydrogen-bond acceptors (Lipinski definition) is 3. The number of aryl methyl sites for hydroxylation is 1. The van der Waals surface area contributed by atoms with Gasteiger partial charge in [-0.15, -0.1) is 0 Å². The molecule has 1 aliphatic carbocycles. The fourth-order valence-corrected chi connectivity index (χ4v) is 1.72. The van der Waals surface area contributed by atoms with E-state index in [0.29, 0.717) is 19.0 Å². The lowest BCUT2D eigenvalue weighted by atomic mass is 10.3. The summed E-state index contributed by atoms with van der Waals surface area (Å²) in [5, 5.41) is 6.23. The average molecular weight is 236 g/mol. The molecule has 17 heavy (non-hydrogen) atoms. The summed E-state index contributed by atoms with van der Waals surface area (Å²) in [5.41, 5.74) is 0. The van der Waals surface area contributed by atoms with Gasteiger partial charge in [-0.25, -0.2) is 4.98 Å². The molecule has 1 fully saturated rings. The maximum absolute atomic E-state index is 11.5. The number of nitrogens with one attached hydrogen (secondary N) is 2. The van der Waals surface area contributed by atoms with E-state index in [2.05, 4.69) is 15.6 Å². The molecule has 0 bridgehead atoms. The minimum Gasteiger partial charge on any atom is -0.356 e. The lowest BCUT2D eigenvalue weighted by Crippen LogP contribution is -2.30. The number of aromatic nitrogens is 2. The Morgan fingerprint density at radius 2 is 2.35 bits per heavy atom. The highest BCUT2D eigenvalue weighted by Gasteiger charge is 2.19. The van der Waals surface area contributed by atoms with E-state index in [-0.39, 0.29) is 5.91 Å². The summed E-state index contributed by atoms with van der Waals surface area (Å²) in [6.07, 6.45) is 7.57. The lowest BCUT2D eigenvalue weighted by Gasteiger charge is -2.06. The van der Waals surface area contributed by atoms with Gasteiger partial charge in [0.05, 0.1) is 0 Å². The van der Waals surface area contributed by atoms with Gasteiger partial charge in [0, 0.05) is 51.4 Å². The van der Waals surface area contributed by atoms with Gasteiger partial charge in [-0.2, -0.15) is 0 Å². The van der Waals surface area contributed by atoms with Gasteiger partial charge >= 0.3 is 0 Å². The highest BCUT2D eigenvalue weighted by Crippen LogP contribution is 2.18. The topological polar surface area (TPSA) is 59.0 Å². The zero-order valence-corrected chi connectivity index (χ0v) is 10.3. The van der Waals surface area contributed by atoms with Crippen molar-refractivity contribution < 1.29 is 4.79 Å². The molecule has 0 aliphatic heterocycles. The first kappa shape index (κ1) is 12.1. The van der Waals surface area contributed by atoms with Gasteiger partial charge in [-0.3, -0.25) is 4.79 Å². The smallest absolute Gasteiger partial charge is 0.221 e. The Morgan fingerprint density at radius 1 is 1.53 bits per heavy atom. The van der Waals surface area contributed by atoms with Crippen LogP contribution in [0, 0.1) is 0 Å². The van der Waals surface area contributed by atoms with Gasteiger partial charge in [-0.1, -0.05) is 0 Å². The van der Waals surface area contributed by atoms with Crippen LogP contribution in [0.5, 0.6) is 0 Å². The zero-order chi connectivity index (χ0) is 12.1. The Morgan fingerprint density at radius 3 is 3.00 bits per heavy atom. The maximum atomic E-state index is 11.5. The molecule has 2 N–H and O–H groups in total. The highest BCUT2D eigenvalue weighted by molar-refractivity contribution is 5.76. The summed E-state index contributed by atoms with van der Waals surface area (Å²) in [5.74, 6) is 1.12. The SMILES string of the molecule is Cn1ccnc1CCNC(=O)CCNC1CC1. The Labute approximate surface area is 102 Å². The van der Waals surface area contributed by atoms with Crippen LogP contribution in [0.1, 0.15) is 25.1 Å². The molecule has 0 saturated heterocycles. The molecule has 1 amide bonds. The van der Waals surface area contributed by atoms with E-state index in [9.17, 15) is 4.79 Å². The monoisotopic (exact) mass is 236 g/mol. The van der Waals surface area contributed by atoms with Gasteiger partial charge in [0.1, 0.15) is 5.82 Å². The quantitative estimate of drug-likeness (QED) is 0.712. The molecule has 0 spiro atoms. The van der Waals surface area contributed by atoms with Crippen LogP contribution in [0.25, 0.3) is 0 Å². The molecule has 5 heteroatoms. The van der Waals surface area contributed by atoms with Gasteiger partial charge < -0.3 is 15.2 Å². The number of nitrogens with zero attached hydrogens (tertiary/aromatic N) is 2. The molecule has 1 aromatic heterocycles.